The second kappa shape index (κ2) is 6.43. The smallest absolute Gasteiger partial charge is 0.222 e. The lowest BCUT2D eigenvalue weighted by molar-refractivity contribution is -0.131. The molecule has 3 nitrogen and oxygen atoms in total. The summed E-state index contributed by atoms with van der Waals surface area (Å²) in [5.41, 5.74) is 1.18. The van der Waals surface area contributed by atoms with Gasteiger partial charge in [0.15, 0.2) is 0 Å². The van der Waals surface area contributed by atoms with Crippen molar-refractivity contribution in [2.24, 2.45) is 5.41 Å². The average molecular weight is 291 g/mol. The minimum atomic E-state index is -0.133. The second-order valence-electron chi connectivity index (χ2n) is 5.95. The van der Waals surface area contributed by atoms with Crippen LogP contribution in [-0.4, -0.2) is 29.1 Å². The number of aliphatic hydroxyl groups excluding tert-OH is 1. The molecule has 0 radical (unpaired) electrons. The van der Waals surface area contributed by atoms with Crippen LogP contribution >= 0.6 is 11.3 Å². The first-order valence-corrected chi connectivity index (χ1v) is 7.84. The Kier molecular flexibility index (Phi) is 4.85. The van der Waals surface area contributed by atoms with E-state index in [1.54, 1.807) is 11.3 Å². The summed E-state index contributed by atoms with van der Waals surface area (Å²) in [7, 11) is 0. The number of thiophene rings is 1. The van der Waals surface area contributed by atoms with Gasteiger partial charge in [0.05, 0.1) is 6.54 Å². The van der Waals surface area contributed by atoms with Crippen LogP contribution in [0.25, 0.3) is 0 Å². The van der Waals surface area contributed by atoms with E-state index in [0.717, 1.165) is 29.8 Å². The summed E-state index contributed by atoms with van der Waals surface area (Å²) in [5.74, 6) is 5.87. The highest BCUT2D eigenvalue weighted by atomic mass is 32.1. The molecule has 108 valence electrons. The summed E-state index contributed by atoms with van der Waals surface area (Å²) in [5, 5.41) is 10.8. The minimum absolute atomic E-state index is 0.133. The van der Waals surface area contributed by atoms with Crippen molar-refractivity contribution in [3.63, 3.8) is 0 Å². The monoisotopic (exact) mass is 291 g/mol. The van der Waals surface area contributed by atoms with Crippen LogP contribution < -0.4 is 0 Å². The molecule has 0 atom stereocenters. The average Bonchev–Trinajstić information content (AvgIpc) is 2.80. The van der Waals surface area contributed by atoms with E-state index in [9.17, 15) is 4.79 Å². The zero-order valence-corrected chi connectivity index (χ0v) is 12.9. The molecule has 0 saturated carbocycles. The van der Waals surface area contributed by atoms with Crippen LogP contribution in [0.2, 0.25) is 0 Å². The van der Waals surface area contributed by atoms with Crippen LogP contribution in [0.15, 0.2) is 11.4 Å². The molecule has 1 saturated heterocycles. The van der Waals surface area contributed by atoms with Crippen molar-refractivity contribution in [2.75, 3.05) is 13.2 Å². The maximum absolute atomic E-state index is 12.2. The van der Waals surface area contributed by atoms with E-state index in [-0.39, 0.29) is 17.9 Å². The summed E-state index contributed by atoms with van der Waals surface area (Å²) >= 11 is 1.62. The Bertz CT molecular complexity index is 536. The Labute approximate surface area is 124 Å². The van der Waals surface area contributed by atoms with Gasteiger partial charge in [0.1, 0.15) is 6.61 Å². The lowest BCUT2D eigenvalue weighted by Gasteiger charge is -2.23. The summed E-state index contributed by atoms with van der Waals surface area (Å²) in [6, 6.07) is 1.95. The molecule has 20 heavy (non-hydrogen) atoms. The van der Waals surface area contributed by atoms with Crippen molar-refractivity contribution in [2.45, 2.75) is 39.7 Å². The number of carbonyl (C=O) groups is 1. The fourth-order valence-corrected chi connectivity index (χ4v) is 3.19. The SMILES string of the molecule is CC1(C)CCC(=O)N(Cc2sccc2C#CCO)CC1. The standard InChI is InChI=1S/C16H21NO2S/c1-16(2)7-5-15(19)17(9-8-16)12-14-13(4-3-10-18)6-11-20-14/h6,11,18H,5,7-10,12H2,1-2H3. The van der Waals surface area contributed by atoms with Gasteiger partial charge < -0.3 is 10.0 Å². The highest BCUT2D eigenvalue weighted by Crippen LogP contribution is 2.31. The fourth-order valence-electron chi connectivity index (χ4n) is 2.34. The molecule has 0 spiro atoms. The summed E-state index contributed by atoms with van der Waals surface area (Å²) in [6.07, 6.45) is 2.64. The van der Waals surface area contributed by atoms with Crippen LogP contribution in [-0.2, 0) is 11.3 Å². The van der Waals surface area contributed by atoms with Gasteiger partial charge in [-0.15, -0.1) is 11.3 Å². The predicted molar refractivity (Wildman–Crippen MR) is 81.3 cm³/mol. The molecule has 1 aliphatic heterocycles. The van der Waals surface area contributed by atoms with Crippen molar-refractivity contribution in [3.8, 4) is 11.8 Å². The number of carbonyl (C=O) groups excluding carboxylic acids is 1. The van der Waals surface area contributed by atoms with Gasteiger partial charge in [-0.3, -0.25) is 4.79 Å². The molecular formula is C16H21NO2S. The van der Waals surface area contributed by atoms with E-state index < -0.39 is 0 Å². The van der Waals surface area contributed by atoms with Gasteiger partial charge in [-0.2, -0.15) is 0 Å². The Hall–Kier alpha value is -1.31. The molecule has 1 aromatic heterocycles. The Morgan fingerprint density at radius 1 is 1.45 bits per heavy atom. The number of nitrogens with zero attached hydrogens (tertiary/aromatic N) is 1. The van der Waals surface area contributed by atoms with E-state index in [2.05, 4.69) is 25.7 Å². The van der Waals surface area contributed by atoms with Crippen LogP contribution in [0, 0.1) is 17.3 Å². The summed E-state index contributed by atoms with van der Waals surface area (Å²) < 4.78 is 0. The second-order valence-corrected chi connectivity index (χ2v) is 6.95. The lowest BCUT2D eigenvalue weighted by atomic mass is 9.85. The van der Waals surface area contributed by atoms with Crippen LogP contribution in [0.3, 0.4) is 0 Å². The normalized spacial score (nSPS) is 18.4. The number of aliphatic hydroxyl groups is 1. The predicted octanol–water partition coefficient (Wildman–Crippen LogP) is 2.63. The molecule has 0 unspecified atom stereocenters. The third kappa shape index (κ3) is 3.84. The maximum atomic E-state index is 12.2. The third-order valence-corrected chi connectivity index (χ3v) is 4.71. The largest absolute Gasteiger partial charge is 0.384 e. The van der Waals surface area contributed by atoms with Crippen LogP contribution in [0.5, 0.6) is 0 Å². The number of amides is 1. The van der Waals surface area contributed by atoms with Gasteiger partial charge in [0, 0.05) is 23.4 Å². The quantitative estimate of drug-likeness (QED) is 0.851. The number of rotatable bonds is 2. The van der Waals surface area contributed by atoms with Gasteiger partial charge >= 0.3 is 0 Å². The minimum Gasteiger partial charge on any atom is -0.384 e. The van der Waals surface area contributed by atoms with Crippen LogP contribution in [0.4, 0.5) is 0 Å². The number of likely N-dealkylation sites (tertiary alicyclic amines) is 1. The molecule has 2 heterocycles. The van der Waals surface area contributed by atoms with Gasteiger partial charge in [-0.05, 0) is 29.7 Å². The molecule has 4 heteroatoms. The highest BCUT2D eigenvalue weighted by molar-refractivity contribution is 7.10. The zero-order chi connectivity index (χ0) is 14.6. The van der Waals surface area contributed by atoms with Crippen molar-refractivity contribution in [1.82, 2.24) is 4.90 Å². The first kappa shape index (κ1) is 15.1. The Balaban J connectivity index is 2.09. The van der Waals surface area contributed by atoms with Gasteiger partial charge in [0.2, 0.25) is 5.91 Å². The topological polar surface area (TPSA) is 40.5 Å². The fraction of sp³-hybridized carbons (Fsp3) is 0.562. The van der Waals surface area contributed by atoms with Crippen molar-refractivity contribution in [1.29, 1.82) is 0 Å². The molecule has 1 N–H and O–H groups in total. The Morgan fingerprint density at radius 2 is 2.25 bits per heavy atom. The molecule has 1 amide bonds. The molecule has 1 aromatic rings. The molecule has 0 aromatic carbocycles. The third-order valence-electron chi connectivity index (χ3n) is 3.81. The first-order valence-electron chi connectivity index (χ1n) is 6.96. The highest BCUT2D eigenvalue weighted by Gasteiger charge is 2.27. The van der Waals surface area contributed by atoms with E-state index in [4.69, 9.17) is 5.11 Å². The van der Waals surface area contributed by atoms with Gasteiger partial charge in [0.25, 0.3) is 0 Å². The van der Waals surface area contributed by atoms with Crippen molar-refractivity contribution in [3.05, 3.63) is 21.9 Å². The molecule has 0 aliphatic carbocycles. The molecule has 0 bridgehead atoms. The lowest BCUT2D eigenvalue weighted by Crippen LogP contribution is -2.29. The Morgan fingerprint density at radius 3 is 3.00 bits per heavy atom. The van der Waals surface area contributed by atoms with Crippen molar-refractivity contribution < 1.29 is 9.90 Å². The summed E-state index contributed by atoms with van der Waals surface area (Å²) in [4.78, 5) is 15.3. The maximum Gasteiger partial charge on any atom is 0.222 e. The van der Waals surface area contributed by atoms with Gasteiger partial charge in [-0.25, -0.2) is 0 Å². The number of hydrogen-bond donors (Lipinski definition) is 1. The van der Waals surface area contributed by atoms with E-state index in [0.29, 0.717) is 13.0 Å². The van der Waals surface area contributed by atoms with Crippen molar-refractivity contribution >= 4 is 17.2 Å². The molecule has 2 rings (SSSR count). The molecular weight excluding hydrogens is 270 g/mol. The zero-order valence-electron chi connectivity index (χ0n) is 12.1. The summed E-state index contributed by atoms with van der Waals surface area (Å²) in [6.45, 7) is 5.78. The number of hydrogen-bond acceptors (Lipinski definition) is 3. The molecule has 1 aliphatic rings. The van der Waals surface area contributed by atoms with E-state index in [1.807, 2.05) is 16.3 Å². The van der Waals surface area contributed by atoms with E-state index in [1.165, 1.54) is 0 Å². The van der Waals surface area contributed by atoms with Crippen LogP contribution in [0.1, 0.15) is 43.6 Å². The molecule has 1 fully saturated rings. The van der Waals surface area contributed by atoms with E-state index >= 15 is 0 Å². The first-order chi connectivity index (χ1) is 9.52. The van der Waals surface area contributed by atoms with Gasteiger partial charge in [-0.1, -0.05) is 25.7 Å².